The third-order valence-electron chi connectivity index (χ3n) is 2.69. The van der Waals surface area contributed by atoms with Crippen LogP contribution < -0.4 is 0 Å². The van der Waals surface area contributed by atoms with Crippen molar-refractivity contribution in [3.8, 4) is 0 Å². The number of rotatable bonds is 4. The van der Waals surface area contributed by atoms with Gasteiger partial charge in [0.15, 0.2) is 0 Å². The second-order valence-corrected chi connectivity index (χ2v) is 5.34. The van der Waals surface area contributed by atoms with Crippen molar-refractivity contribution in [3.05, 3.63) is 23.8 Å². The van der Waals surface area contributed by atoms with Crippen LogP contribution in [0.5, 0.6) is 0 Å². The molecule has 1 heterocycles. The van der Waals surface area contributed by atoms with Crippen LogP contribution in [0.4, 0.5) is 0 Å². The number of aryl methyl sites for hydroxylation is 1. The molecule has 0 aliphatic carbocycles. The van der Waals surface area contributed by atoms with E-state index in [9.17, 15) is 5.11 Å². The number of hydrogen-bond donors (Lipinski definition) is 1. The lowest BCUT2D eigenvalue weighted by molar-refractivity contribution is 0.0627. The predicted octanol–water partition coefficient (Wildman–Crippen LogP) is 2.38. The van der Waals surface area contributed by atoms with Gasteiger partial charge >= 0.3 is 0 Å². The van der Waals surface area contributed by atoms with Crippen molar-refractivity contribution in [2.45, 2.75) is 53.1 Å². The van der Waals surface area contributed by atoms with Gasteiger partial charge < -0.3 is 5.11 Å². The summed E-state index contributed by atoms with van der Waals surface area (Å²) in [5.41, 5.74) is 1.89. The maximum Gasteiger partial charge on any atom is 0.115 e. The smallest absolute Gasteiger partial charge is 0.115 e. The Hall–Kier alpha value is -0.960. The van der Waals surface area contributed by atoms with Gasteiger partial charge in [0.2, 0.25) is 0 Å². The predicted molar refractivity (Wildman–Crippen MR) is 65.2 cm³/mol. The van der Waals surface area contributed by atoms with Crippen LogP contribution in [-0.4, -0.2) is 21.2 Å². The van der Waals surface area contributed by atoms with E-state index < -0.39 is 0 Å². The van der Waals surface area contributed by atoms with Crippen LogP contribution in [0.15, 0.2) is 12.4 Å². The fourth-order valence-electron chi connectivity index (χ4n) is 1.45. The number of aromatic nitrogens is 2. The minimum Gasteiger partial charge on any atom is -0.392 e. The molecule has 16 heavy (non-hydrogen) atoms. The third kappa shape index (κ3) is 3.89. The molecule has 3 heteroatoms. The van der Waals surface area contributed by atoms with E-state index in [1.807, 2.05) is 26.8 Å². The summed E-state index contributed by atoms with van der Waals surface area (Å²) >= 11 is 0. The van der Waals surface area contributed by atoms with E-state index in [0.717, 1.165) is 24.2 Å². The summed E-state index contributed by atoms with van der Waals surface area (Å²) in [6.45, 7) is 8.23. The maximum atomic E-state index is 10.00. The highest BCUT2D eigenvalue weighted by molar-refractivity contribution is 5.09. The van der Waals surface area contributed by atoms with Gasteiger partial charge in [0.25, 0.3) is 0 Å². The van der Waals surface area contributed by atoms with Crippen LogP contribution in [0, 0.1) is 5.41 Å². The lowest BCUT2D eigenvalue weighted by Gasteiger charge is -2.25. The molecular weight excluding hydrogens is 200 g/mol. The van der Waals surface area contributed by atoms with E-state index in [4.69, 9.17) is 0 Å². The molecule has 0 spiro atoms. The Morgan fingerprint density at radius 1 is 1.25 bits per heavy atom. The Balaban J connectivity index is 2.70. The van der Waals surface area contributed by atoms with E-state index in [0.29, 0.717) is 6.42 Å². The van der Waals surface area contributed by atoms with Crippen LogP contribution in [0.25, 0.3) is 0 Å². The first-order chi connectivity index (χ1) is 7.43. The number of aliphatic hydroxyl groups excluding tert-OH is 1. The second-order valence-electron chi connectivity index (χ2n) is 5.34. The van der Waals surface area contributed by atoms with Gasteiger partial charge in [-0.15, -0.1) is 0 Å². The molecule has 3 nitrogen and oxygen atoms in total. The average Bonchev–Trinajstić information content (AvgIpc) is 2.17. The minimum atomic E-state index is -0.364. The second kappa shape index (κ2) is 5.39. The van der Waals surface area contributed by atoms with E-state index in [2.05, 4.69) is 16.9 Å². The fourth-order valence-corrected chi connectivity index (χ4v) is 1.45. The van der Waals surface area contributed by atoms with E-state index >= 15 is 0 Å². The molecule has 0 bridgehead atoms. The first kappa shape index (κ1) is 13.1. The van der Waals surface area contributed by atoms with Crippen LogP contribution in [-0.2, 0) is 12.8 Å². The lowest BCUT2D eigenvalue weighted by Crippen LogP contribution is -2.28. The fraction of sp³-hybridized carbons (Fsp3) is 0.692. The van der Waals surface area contributed by atoms with Crippen LogP contribution in [0.3, 0.4) is 0 Å². The van der Waals surface area contributed by atoms with Crippen molar-refractivity contribution in [1.82, 2.24) is 9.97 Å². The Morgan fingerprint density at radius 3 is 2.44 bits per heavy atom. The molecule has 1 N–H and O–H groups in total. The zero-order valence-electron chi connectivity index (χ0n) is 10.7. The SMILES string of the molecule is CCCc1cc(CC(O)C(C)(C)C)ncn1. The summed E-state index contributed by atoms with van der Waals surface area (Å²) in [7, 11) is 0. The summed E-state index contributed by atoms with van der Waals surface area (Å²) in [5.74, 6) is 0. The monoisotopic (exact) mass is 222 g/mol. The zero-order chi connectivity index (χ0) is 12.2. The lowest BCUT2D eigenvalue weighted by atomic mass is 9.86. The quantitative estimate of drug-likeness (QED) is 0.850. The molecule has 90 valence electrons. The standard InChI is InChI=1S/C13H22N2O/c1-5-6-10-7-11(15-9-14-10)8-12(16)13(2,3)4/h7,9,12,16H,5-6,8H2,1-4H3. The van der Waals surface area contributed by atoms with E-state index in [1.54, 1.807) is 6.33 Å². The van der Waals surface area contributed by atoms with Crippen LogP contribution in [0.2, 0.25) is 0 Å². The van der Waals surface area contributed by atoms with Gasteiger partial charge in [-0.3, -0.25) is 0 Å². The zero-order valence-corrected chi connectivity index (χ0v) is 10.7. The summed E-state index contributed by atoms with van der Waals surface area (Å²) in [5, 5.41) is 10.00. The largest absolute Gasteiger partial charge is 0.392 e. The molecule has 1 rings (SSSR count). The Labute approximate surface area is 97.9 Å². The van der Waals surface area contributed by atoms with E-state index in [1.165, 1.54) is 0 Å². The Bertz CT molecular complexity index is 331. The van der Waals surface area contributed by atoms with Crippen molar-refractivity contribution < 1.29 is 5.11 Å². The minimum absolute atomic E-state index is 0.101. The van der Waals surface area contributed by atoms with Crippen molar-refractivity contribution >= 4 is 0 Å². The molecule has 0 fully saturated rings. The third-order valence-corrected chi connectivity index (χ3v) is 2.69. The molecule has 0 amide bonds. The van der Waals surface area contributed by atoms with Crippen molar-refractivity contribution in [3.63, 3.8) is 0 Å². The highest BCUT2D eigenvalue weighted by Crippen LogP contribution is 2.21. The molecule has 1 aromatic heterocycles. The molecule has 1 aromatic rings. The highest BCUT2D eigenvalue weighted by Gasteiger charge is 2.22. The van der Waals surface area contributed by atoms with Gasteiger partial charge in [-0.05, 0) is 17.9 Å². The van der Waals surface area contributed by atoms with Gasteiger partial charge in [-0.25, -0.2) is 9.97 Å². The molecule has 0 aliphatic heterocycles. The first-order valence-electron chi connectivity index (χ1n) is 5.91. The van der Waals surface area contributed by atoms with Gasteiger partial charge in [0, 0.05) is 17.8 Å². The topological polar surface area (TPSA) is 46.0 Å². The number of hydrogen-bond acceptors (Lipinski definition) is 3. The van der Waals surface area contributed by atoms with E-state index in [-0.39, 0.29) is 11.5 Å². The molecule has 0 radical (unpaired) electrons. The van der Waals surface area contributed by atoms with Crippen molar-refractivity contribution in [2.75, 3.05) is 0 Å². The van der Waals surface area contributed by atoms with Crippen LogP contribution >= 0.6 is 0 Å². The molecular formula is C13H22N2O. The summed E-state index contributed by atoms with van der Waals surface area (Å²) in [6, 6.07) is 2.00. The normalized spacial score (nSPS) is 13.8. The highest BCUT2D eigenvalue weighted by atomic mass is 16.3. The summed E-state index contributed by atoms with van der Waals surface area (Å²) in [6.07, 6.45) is 3.88. The number of aliphatic hydroxyl groups is 1. The Kier molecular flexibility index (Phi) is 4.42. The number of nitrogens with zero attached hydrogens (tertiary/aromatic N) is 2. The molecule has 0 aromatic carbocycles. The molecule has 0 saturated carbocycles. The molecule has 1 unspecified atom stereocenters. The van der Waals surface area contributed by atoms with Gasteiger partial charge in [0.05, 0.1) is 6.10 Å². The molecule has 1 atom stereocenters. The van der Waals surface area contributed by atoms with Crippen molar-refractivity contribution in [2.24, 2.45) is 5.41 Å². The molecule has 0 saturated heterocycles. The summed E-state index contributed by atoms with van der Waals surface area (Å²) < 4.78 is 0. The van der Waals surface area contributed by atoms with Crippen molar-refractivity contribution in [1.29, 1.82) is 0 Å². The molecule has 0 aliphatic rings. The average molecular weight is 222 g/mol. The Morgan fingerprint density at radius 2 is 1.88 bits per heavy atom. The van der Waals surface area contributed by atoms with Crippen LogP contribution in [0.1, 0.15) is 45.5 Å². The maximum absolute atomic E-state index is 10.00. The van der Waals surface area contributed by atoms with Gasteiger partial charge in [-0.2, -0.15) is 0 Å². The first-order valence-corrected chi connectivity index (χ1v) is 5.91. The summed E-state index contributed by atoms with van der Waals surface area (Å²) in [4.78, 5) is 8.41. The van der Waals surface area contributed by atoms with Gasteiger partial charge in [-0.1, -0.05) is 34.1 Å². The van der Waals surface area contributed by atoms with Gasteiger partial charge in [0.1, 0.15) is 6.33 Å².